The lowest BCUT2D eigenvalue weighted by atomic mass is 9.83. The number of carboxylic acids is 1. The molecule has 2 rings (SSSR count). The normalized spacial score (nSPS) is 23.2. The number of aliphatic carboxylic acids is 1. The van der Waals surface area contributed by atoms with E-state index in [1.165, 1.54) is 25.1 Å². The second kappa shape index (κ2) is 7.60. The van der Waals surface area contributed by atoms with E-state index in [0.29, 0.717) is 11.3 Å². The molecule has 10 heteroatoms. The number of hydrogen-bond donors (Lipinski definition) is 3. The summed E-state index contributed by atoms with van der Waals surface area (Å²) >= 11 is 1.13. The number of carbonyl (C=O) groups is 4. The van der Waals surface area contributed by atoms with Gasteiger partial charge in [0.05, 0.1) is 12.0 Å². The van der Waals surface area contributed by atoms with Gasteiger partial charge in [0, 0.05) is 31.5 Å². The number of alkyl carbamates (subject to hydrolysis) is 1. The summed E-state index contributed by atoms with van der Waals surface area (Å²) in [6, 6.07) is -0.352. The van der Waals surface area contributed by atoms with Gasteiger partial charge < -0.3 is 25.4 Å². The molecular weight excluding hydrogens is 350 g/mol. The molecule has 9 nitrogen and oxygen atoms in total. The first-order valence-corrected chi connectivity index (χ1v) is 8.42. The van der Waals surface area contributed by atoms with E-state index in [1.807, 2.05) is 0 Å². The molecule has 0 saturated carbocycles. The minimum Gasteiger partial charge on any atom is -0.477 e. The highest BCUT2D eigenvalue weighted by Crippen LogP contribution is 2.47. The maximum Gasteiger partial charge on any atom is 0.407 e. The molecule has 2 aliphatic heterocycles. The Hall–Kier alpha value is -2.49. The van der Waals surface area contributed by atoms with Gasteiger partial charge in [-0.15, -0.1) is 0 Å². The first-order chi connectivity index (χ1) is 11.8. The average molecular weight is 369 g/mol. The third kappa shape index (κ3) is 3.78. The first kappa shape index (κ1) is 18.8. The van der Waals surface area contributed by atoms with Crippen molar-refractivity contribution in [2.75, 3.05) is 7.05 Å². The topological polar surface area (TPSA) is 125 Å². The van der Waals surface area contributed by atoms with Gasteiger partial charge in [-0.1, -0.05) is 11.8 Å². The van der Waals surface area contributed by atoms with Gasteiger partial charge in [0.25, 0.3) is 0 Å². The van der Waals surface area contributed by atoms with Crippen LogP contribution in [0.2, 0.25) is 0 Å². The second-order valence-corrected chi connectivity index (χ2v) is 6.56. The number of nitrogens with one attached hydrogen (secondary N) is 2. The lowest BCUT2D eigenvalue weighted by Gasteiger charge is -2.45. The molecule has 1 saturated heterocycles. The van der Waals surface area contributed by atoms with Crippen molar-refractivity contribution in [3.05, 3.63) is 22.2 Å². The van der Waals surface area contributed by atoms with Crippen LogP contribution in [0.15, 0.2) is 22.2 Å². The van der Waals surface area contributed by atoms with Gasteiger partial charge in [0.1, 0.15) is 11.8 Å². The molecule has 25 heavy (non-hydrogen) atoms. The molecule has 0 bridgehead atoms. The van der Waals surface area contributed by atoms with Gasteiger partial charge in [0.15, 0.2) is 0 Å². The number of thioether (sulfide) groups is 1. The number of carbonyl (C=O) groups excluding carboxylic acids is 3. The molecular formula is C15H19N3O6S. The van der Waals surface area contributed by atoms with E-state index in [2.05, 4.69) is 10.6 Å². The van der Waals surface area contributed by atoms with Crippen LogP contribution in [-0.4, -0.2) is 53.1 Å². The van der Waals surface area contributed by atoms with E-state index in [0.717, 1.165) is 11.8 Å². The molecule has 0 radical (unpaired) electrons. The summed E-state index contributed by atoms with van der Waals surface area (Å²) in [6.45, 7) is 2.97. The second-order valence-electron chi connectivity index (χ2n) is 5.56. The standard InChI is InChI=1S/C15H19N3O6S/c1-7(24-15(23)16-3)11-9-6-10(25-5-4-17-8(2)19)12(14(21)22)18(9)13(11)20/h4-5,7,9,11H,6H2,1-3H3,(H,16,23)(H,17,19)(H,21,22)/b5-4+/t7-,9+,11+/m0/s1. The molecule has 3 amide bonds. The highest BCUT2D eigenvalue weighted by Gasteiger charge is 2.57. The molecule has 2 heterocycles. The predicted octanol–water partition coefficient (Wildman–Crippen LogP) is 0.598. The van der Waals surface area contributed by atoms with Crippen molar-refractivity contribution < 1.29 is 29.0 Å². The van der Waals surface area contributed by atoms with E-state index < -0.39 is 24.1 Å². The molecule has 0 unspecified atom stereocenters. The molecule has 0 aliphatic carbocycles. The maximum atomic E-state index is 12.4. The Morgan fingerprint density at radius 3 is 2.68 bits per heavy atom. The largest absolute Gasteiger partial charge is 0.477 e. The SMILES string of the molecule is CNC(=O)O[C@@H](C)[C@H]1C(=O)N2C(C(=O)O)=C(S/C=C/NC(C)=O)C[C@H]12. The fourth-order valence-corrected chi connectivity index (χ4v) is 3.76. The minimum atomic E-state index is -1.19. The van der Waals surface area contributed by atoms with E-state index in [9.17, 15) is 24.3 Å². The van der Waals surface area contributed by atoms with Crippen molar-refractivity contribution in [2.45, 2.75) is 32.4 Å². The van der Waals surface area contributed by atoms with Crippen LogP contribution >= 0.6 is 11.8 Å². The van der Waals surface area contributed by atoms with Crippen LogP contribution in [0.1, 0.15) is 20.3 Å². The Kier molecular flexibility index (Phi) is 5.73. The van der Waals surface area contributed by atoms with Crippen molar-refractivity contribution in [1.29, 1.82) is 0 Å². The Morgan fingerprint density at radius 1 is 1.44 bits per heavy atom. The van der Waals surface area contributed by atoms with Gasteiger partial charge >= 0.3 is 12.1 Å². The maximum absolute atomic E-state index is 12.4. The zero-order valence-corrected chi connectivity index (χ0v) is 14.8. The summed E-state index contributed by atoms with van der Waals surface area (Å²) in [5.74, 6) is -2.39. The van der Waals surface area contributed by atoms with E-state index in [1.54, 1.807) is 12.3 Å². The molecule has 136 valence electrons. The molecule has 0 aromatic rings. The summed E-state index contributed by atoms with van der Waals surface area (Å²) < 4.78 is 5.11. The third-order valence-corrected chi connectivity index (χ3v) is 4.86. The van der Waals surface area contributed by atoms with Crippen LogP contribution < -0.4 is 10.6 Å². The molecule has 2 aliphatic rings. The molecule has 0 aromatic heterocycles. The molecule has 0 spiro atoms. The predicted molar refractivity (Wildman–Crippen MR) is 89.0 cm³/mol. The van der Waals surface area contributed by atoms with Crippen molar-refractivity contribution >= 4 is 35.6 Å². The summed E-state index contributed by atoms with van der Waals surface area (Å²) in [5, 5.41) is 15.7. The number of β-lactam (4-membered cyclic amide) rings is 1. The Labute approximate surface area is 148 Å². The monoisotopic (exact) mass is 369 g/mol. The van der Waals surface area contributed by atoms with Crippen molar-refractivity contribution in [3.8, 4) is 0 Å². The van der Waals surface area contributed by atoms with Crippen LogP contribution in [0.3, 0.4) is 0 Å². The third-order valence-electron chi connectivity index (χ3n) is 3.94. The summed E-state index contributed by atoms with van der Waals surface area (Å²) in [5.41, 5.74) is -0.0594. The van der Waals surface area contributed by atoms with Crippen LogP contribution in [0.4, 0.5) is 4.79 Å². The number of hydrogen-bond acceptors (Lipinski definition) is 6. The van der Waals surface area contributed by atoms with Gasteiger partial charge in [-0.3, -0.25) is 9.59 Å². The minimum absolute atomic E-state index is 0.0594. The molecule has 0 aromatic carbocycles. The quantitative estimate of drug-likeness (QED) is 0.585. The zero-order valence-electron chi connectivity index (χ0n) is 13.9. The van der Waals surface area contributed by atoms with Crippen molar-refractivity contribution in [2.24, 2.45) is 5.92 Å². The van der Waals surface area contributed by atoms with E-state index >= 15 is 0 Å². The van der Waals surface area contributed by atoms with Crippen molar-refractivity contribution in [3.63, 3.8) is 0 Å². The van der Waals surface area contributed by atoms with Gasteiger partial charge in [-0.05, 0) is 12.3 Å². The fraction of sp³-hybridized carbons (Fsp3) is 0.467. The van der Waals surface area contributed by atoms with E-state index in [-0.39, 0.29) is 23.6 Å². The number of carboxylic acid groups (broad SMARTS) is 1. The molecule has 3 N–H and O–H groups in total. The Balaban J connectivity index is 2.10. The van der Waals surface area contributed by atoms with Gasteiger partial charge in [0.2, 0.25) is 11.8 Å². The first-order valence-electron chi connectivity index (χ1n) is 7.54. The van der Waals surface area contributed by atoms with Gasteiger partial charge in [-0.25, -0.2) is 9.59 Å². The smallest absolute Gasteiger partial charge is 0.407 e. The average Bonchev–Trinajstić information content (AvgIpc) is 2.85. The summed E-state index contributed by atoms with van der Waals surface area (Å²) in [4.78, 5) is 47.8. The fourth-order valence-electron chi connectivity index (χ4n) is 2.89. The Bertz CT molecular complexity index is 674. The molecule has 3 atom stereocenters. The van der Waals surface area contributed by atoms with Crippen LogP contribution in [0.5, 0.6) is 0 Å². The Morgan fingerprint density at radius 2 is 2.12 bits per heavy atom. The number of ether oxygens (including phenoxy) is 1. The summed E-state index contributed by atoms with van der Waals surface area (Å²) in [7, 11) is 1.42. The summed E-state index contributed by atoms with van der Waals surface area (Å²) in [6.07, 6.45) is 0.458. The highest BCUT2D eigenvalue weighted by molar-refractivity contribution is 8.05. The number of nitrogens with zero attached hydrogens (tertiary/aromatic N) is 1. The number of fused-ring (bicyclic) bond motifs is 1. The van der Waals surface area contributed by atoms with Gasteiger partial charge in [-0.2, -0.15) is 0 Å². The van der Waals surface area contributed by atoms with Crippen LogP contribution in [0, 0.1) is 5.92 Å². The number of rotatable bonds is 6. The number of amides is 3. The van der Waals surface area contributed by atoms with Crippen molar-refractivity contribution in [1.82, 2.24) is 15.5 Å². The lowest BCUT2D eigenvalue weighted by molar-refractivity contribution is -0.161. The van der Waals surface area contributed by atoms with Crippen LogP contribution in [0.25, 0.3) is 0 Å². The molecule has 1 fully saturated rings. The van der Waals surface area contributed by atoms with E-state index in [4.69, 9.17) is 4.74 Å². The van der Waals surface area contributed by atoms with Crippen LogP contribution in [-0.2, 0) is 19.1 Å². The zero-order chi connectivity index (χ0) is 18.7. The highest BCUT2D eigenvalue weighted by atomic mass is 32.2. The lowest BCUT2D eigenvalue weighted by Crippen LogP contribution is -2.62.